The van der Waals surface area contributed by atoms with Gasteiger partial charge in [0.25, 0.3) is 5.91 Å². The second kappa shape index (κ2) is 9.20. The first-order valence-electron chi connectivity index (χ1n) is 8.92. The Morgan fingerprint density at radius 1 is 1.07 bits per heavy atom. The van der Waals surface area contributed by atoms with Crippen LogP contribution in [0.1, 0.15) is 12.0 Å². The lowest BCUT2D eigenvalue weighted by molar-refractivity contribution is -0.137. The van der Waals surface area contributed by atoms with Gasteiger partial charge in [0.05, 0.1) is 13.0 Å². The molecule has 0 bridgehead atoms. The van der Waals surface area contributed by atoms with E-state index in [1.54, 1.807) is 30.3 Å². The summed E-state index contributed by atoms with van der Waals surface area (Å²) in [5.74, 6) is -0.995. The summed E-state index contributed by atoms with van der Waals surface area (Å²) in [4.78, 5) is 23.2. The van der Waals surface area contributed by atoms with Crippen LogP contribution in [0, 0.1) is 11.3 Å². The van der Waals surface area contributed by atoms with Crippen molar-refractivity contribution in [2.45, 2.75) is 6.42 Å². The molecule has 3 aromatic carbocycles. The number of ether oxygens (including phenoxy) is 1. The van der Waals surface area contributed by atoms with Crippen LogP contribution in [0.3, 0.4) is 0 Å². The maximum Gasteiger partial charge on any atom is 0.306 e. The molecule has 0 aliphatic rings. The molecule has 2 N–H and O–H groups in total. The number of rotatable bonds is 7. The Balaban J connectivity index is 1.78. The minimum Gasteiger partial charge on any atom is -0.493 e. The summed E-state index contributed by atoms with van der Waals surface area (Å²) in [5.41, 5.74) is 1.17. The van der Waals surface area contributed by atoms with Crippen molar-refractivity contribution < 1.29 is 19.4 Å². The fourth-order valence-electron chi connectivity index (χ4n) is 2.79. The fourth-order valence-corrected chi connectivity index (χ4v) is 2.79. The van der Waals surface area contributed by atoms with Gasteiger partial charge in [-0.05, 0) is 35.2 Å². The van der Waals surface area contributed by atoms with Crippen molar-refractivity contribution in [3.05, 3.63) is 77.9 Å². The molecule has 6 heteroatoms. The smallest absolute Gasteiger partial charge is 0.306 e. The molecule has 1 amide bonds. The van der Waals surface area contributed by atoms with Gasteiger partial charge in [0.15, 0.2) is 0 Å². The summed E-state index contributed by atoms with van der Waals surface area (Å²) in [6.07, 6.45) is 1.35. The van der Waals surface area contributed by atoms with E-state index in [0.29, 0.717) is 17.0 Å². The Labute approximate surface area is 167 Å². The number of nitriles is 1. The van der Waals surface area contributed by atoms with Gasteiger partial charge in [-0.25, -0.2) is 0 Å². The van der Waals surface area contributed by atoms with Crippen LogP contribution in [0.25, 0.3) is 16.8 Å². The molecule has 0 unspecified atom stereocenters. The highest BCUT2D eigenvalue weighted by Crippen LogP contribution is 2.24. The van der Waals surface area contributed by atoms with Crippen molar-refractivity contribution in [2.24, 2.45) is 0 Å². The molecule has 0 fully saturated rings. The predicted octanol–water partition coefficient (Wildman–Crippen LogP) is 4.24. The maximum absolute atomic E-state index is 12.6. The van der Waals surface area contributed by atoms with Crippen LogP contribution in [-0.2, 0) is 9.59 Å². The molecule has 3 rings (SSSR count). The number of nitrogens with zero attached hydrogens (tertiary/aromatic N) is 1. The van der Waals surface area contributed by atoms with Crippen molar-refractivity contribution in [1.29, 1.82) is 5.26 Å². The summed E-state index contributed by atoms with van der Waals surface area (Å²) < 4.78 is 5.38. The van der Waals surface area contributed by atoms with Crippen LogP contribution in [0.5, 0.6) is 5.75 Å². The monoisotopic (exact) mass is 386 g/mol. The highest BCUT2D eigenvalue weighted by Gasteiger charge is 2.11. The van der Waals surface area contributed by atoms with Crippen LogP contribution in [0.4, 0.5) is 5.69 Å². The minimum atomic E-state index is -0.946. The minimum absolute atomic E-state index is 0.0369. The molecular formula is C23H18N2O4. The van der Waals surface area contributed by atoms with Crippen LogP contribution < -0.4 is 10.1 Å². The topological polar surface area (TPSA) is 99.4 Å². The molecule has 0 atom stereocenters. The van der Waals surface area contributed by atoms with Crippen molar-refractivity contribution >= 4 is 34.4 Å². The number of carboxylic acids is 1. The van der Waals surface area contributed by atoms with Gasteiger partial charge >= 0.3 is 5.97 Å². The molecule has 6 nitrogen and oxygen atoms in total. The average molecular weight is 386 g/mol. The third-order valence-corrected chi connectivity index (χ3v) is 4.16. The Morgan fingerprint density at radius 3 is 2.62 bits per heavy atom. The normalized spacial score (nSPS) is 10.9. The molecule has 0 saturated carbocycles. The number of hydrogen-bond donors (Lipinski definition) is 2. The lowest BCUT2D eigenvalue weighted by Crippen LogP contribution is -2.13. The van der Waals surface area contributed by atoms with Crippen LogP contribution in [0.15, 0.2) is 72.3 Å². The van der Waals surface area contributed by atoms with E-state index in [0.717, 1.165) is 10.8 Å². The number of carbonyl (C=O) groups is 2. The first-order valence-corrected chi connectivity index (χ1v) is 8.92. The molecule has 0 heterocycles. The van der Waals surface area contributed by atoms with Gasteiger partial charge in [-0.1, -0.05) is 48.5 Å². The van der Waals surface area contributed by atoms with E-state index in [1.807, 2.05) is 42.5 Å². The molecule has 0 saturated heterocycles. The lowest BCUT2D eigenvalue weighted by Gasteiger charge is -2.08. The van der Waals surface area contributed by atoms with Gasteiger partial charge in [0.2, 0.25) is 0 Å². The van der Waals surface area contributed by atoms with Gasteiger partial charge in [-0.15, -0.1) is 0 Å². The highest BCUT2D eigenvalue weighted by molar-refractivity contribution is 6.12. The van der Waals surface area contributed by atoms with Crippen LogP contribution in [0.2, 0.25) is 0 Å². The van der Waals surface area contributed by atoms with E-state index in [4.69, 9.17) is 9.84 Å². The maximum atomic E-state index is 12.6. The zero-order valence-corrected chi connectivity index (χ0v) is 15.5. The number of nitrogens with one attached hydrogen (secondary N) is 1. The lowest BCUT2D eigenvalue weighted by atomic mass is 10.1. The van der Waals surface area contributed by atoms with Gasteiger partial charge in [0.1, 0.15) is 17.4 Å². The van der Waals surface area contributed by atoms with E-state index in [2.05, 4.69) is 5.32 Å². The van der Waals surface area contributed by atoms with Crippen LogP contribution in [-0.4, -0.2) is 23.6 Å². The van der Waals surface area contributed by atoms with Crippen molar-refractivity contribution in [2.75, 3.05) is 11.9 Å². The van der Waals surface area contributed by atoms with Crippen molar-refractivity contribution in [3.63, 3.8) is 0 Å². The SMILES string of the molecule is N#CC(=Cc1cccc(OCCC(=O)O)c1)C(=O)Nc1cccc2ccccc12. The van der Waals surface area contributed by atoms with Crippen molar-refractivity contribution in [1.82, 2.24) is 0 Å². The van der Waals surface area contributed by atoms with Gasteiger partial charge in [-0.3, -0.25) is 9.59 Å². The molecule has 0 radical (unpaired) electrons. The number of fused-ring (bicyclic) bond motifs is 1. The highest BCUT2D eigenvalue weighted by atomic mass is 16.5. The summed E-state index contributed by atoms with van der Waals surface area (Å²) in [6, 6.07) is 21.9. The van der Waals surface area contributed by atoms with E-state index in [1.165, 1.54) is 6.08 Å². The number of hydrogen-bond acceptors (Lipinski definition) is 4. The van der Waals surface area contributed by atoms with E-state index in [-0.39, 0.29) is 18.6 Å². The molecule has 29 heavy (non-hydrogen) atoms. The Morgan fingerprint density at radius 2 is 1.83 bits per heavy atom. The van der Waals surface area contributed by atoms with Gasteiger partial charge < -0.3 is 15.2 Å². The Bertz CT molecular complexity index is 1120. The zero-order chi connectivity index (χ0) is 20.6. The predicted molar refractivity (Wildman–Crippen MR) is 110 cm³/mol. The number of carboxylic acid groups (broad SMARTS) is 1. The molecule has 144 valence electrons. The zero-order valence-electron chi connectivity index (χ0n) is 15.5. The first-order chi connectivity index (χ1) is 14.1. The summed E-state index contributed by atoms with van der Waals surface area (Å²) in [7, 11) is 0. The van der Waals surface area contributed by atoms with Gasteiger partial charge in [-0.2, -0.15) is 5.26 Å². The van der Waals surface area contributed by atoms with E-state index >= 15 is 0 Å². The number of carbonyl (C=O) groups excluding carboxylic acids is 1. The van der Waals surface area contributed by atoms with Crippen molar-refractivity contribution in [3.8, 4) is 11.8 Å². The number of benzene rings is 3. The second-order valence-electron chi connectivity index (χ2n) is 6.22. The fraction of sp³-hybridized carbons (Fsp3) is 0.0870. The third-order valence-electron chi connectivity index (χ3n) is 4.16. The third kappa shape index (κ3) is 5.21. The number of anilines is 1. The van der Waals surface area contributed by atoms with Gasteiger partial charge in [0, 0.05) is 11.1 Å². The molecular weight excluding hydrogens is 368 g/mol. The molecule has 0 aliphatic carbocycles. The van der Waals surface area contributed by atoms with E-state index < -0.39 is 11.9 Å². The molecule has 0 aliphatic heterocycles. The second-order valence-corrected chi connectivity index (χ2v) is 6.22. The first kappa shape index (κ1) is 19.6. The number of amides is 1. The molecule has 0 aromatic heterocycles. The standard InChI is InChI=1S/C23H18N2O4/c24-15-18(13-16-5-3-8-19(14-16)29-12-11-22(26)27)23(28)25-21-10-4-7-17-6-1-2-9-20(17)21/h1-10,13-14H,11-12H2,(H,25,28)(H,26,27). The summed E-state index contributed by atoms with van der Waals surface area (Å²) >= 11 is 0. The van der Waals surface area contributed by atoms with Crippen LogP contribution >= 0.6 is 0 Å². The summed E-state index contributed by atoms with van der Waals surface area (Å²) in [6.45, 7) is 0.0369. The largest absolute Gasteiger partial charge is 0.493 e. The Hall–Kier alpha value is -4.11. The average Bonchev–Trinajstić information content (AvgIpc) is 2.72. The Kier molecular flexibility index (Phi) is 6.23. The quantitative estimate of drug-likeness (QED) is 0.467. The summed E-state index contributed by atoms with van der Waals surface area (Å²) in [5, 5.41) is 22.8. The molecule has 0 spiro atoms. The molecule has 3 aromatic rings. The van der Waals surface area contributed by atoms with E-state index in [9.17, 15) is 14.9 Å². The number of aliphatic carboxylic acids is 1.